The van der Waals surface area contributed by atoms with E-state index >= 15 is 0 Å². The highest BCUT2D eigenvalue weighted by Gasteiger charge is 2.08. The summed E-state index contributed by atoms with van der Waals surface area (Å²) in [5.41, 5.74) is 2.01. The van der Waals surface area contributed by atoms with Crippen LogP contribution in [0.2, 0.25) is 0 Å². The zero-order chi connectivity index (χ0) is 16.8. The Kier molecular flexibility index (Phi) is 5.41. The predicted molar refractivity (Wildman–Crippen MR) is 86.9 cm³/mol. The molecule has 122 valence electrons. The monoisotopic (exact) mass is 316 g/mol. The third kappa shape index (κ3) is 4.60. The Morgan fingerprint density at radius 1 is 1.22 bits per heavy atom. The Balaban J connectivity index is 1.89. The molecule has 0 saturated carbocycles. The fourth-order valence-corrected chi connectivity index (χ4v) is 2.18. The van der Waals surface area contributed by atoms with E-state index in [9.17, 15) is 9.59 Å². The number of aryl methyl sites for hydroxylation is 2. The van der Waals surface area contributed by atoms with E-state index in [4.69, 9.17) is 9.47 Å². The van der Waals surface area contributed by atoms with Crippen molar-refractivity contribution in [2.45, 2.75) is 20.4 Å². The first kappa shape index (κ1) is 16.6. The first-order valence-electron chi connectivity index (χ1n) is 7.22. The van der Waals surface area contributed by atoms with Crippen molar-refractivity contribution in [3.05, 3.63) is 57.5 Å². The smallest absolute Gasteiger partial charge is 0.258 e. The van der Waals surface area contributed by atoms with Crippen LogP contribution in [-0.2, 0) is 11.3 Å². The van der Waals surface area contributed by atoms with E-state index in [0.717, 1.165) is 11.3 Å². The molecule has 2 N–H and O–H groups in total. The fraction of sp³-hybridized carbons (Fsp3) is 0.294. The third-order valence-corrected chi connectivity index (χ3v) is 3.37. The van der Waals surface area contributed by atoms with Gasteiger partial charge in [0.25, 0.3) is 11.5 Å². The number of aromatic amines is 1. The lowest BCUT2D eigenvalue weighted by Crippen LogP contribution is -2.31. The minimum Gasteiger partial charge on any atom is -0.497 e. The first-order chi connectivity index (χ1) is 11.0. The maximum absolute atomic E-state index is 11.9. The number of pyridine rings is 1. The second-order valence-electron chi connectivity index (χ2n) is 5.19. The van der Waals surface area contributed by atoms with Crippen molar-refractivity contribution in [3.63, 3.8) is 0 Å². The molecule has 2 rings (SSSR count). The van der Waals surface area contributed by atoms with Gasteiger partial charge in [0.1, 0.15) is 11.5 Å². The van der Waals surface area contributed by atoms with Crippen LogP contribution in [0.4, 0.5) is 0 Å². The molecule has 1 amide bonds. The summed E-state index contributed by atoms with van der Waals surface area (Å²) in [7, 11) is 1.56. The molecule has 0 atom stereocenters. The molecule has 0 aliphatic heterocycles. The van der Waals surface area contributed by atoms with Crippen molar-refractivity contribution in [2.75, 3.05) is 13.7 Å². The molecule has 0 unspecified atom stereocenters. The molecule has 1 aromatic carbocycles. The molecule has 1 heterocycles. The summed E-state index contributed by atoms with van der Waals surface area (Å²) in [6.07, 6.45) is 0. The maximum atomic E-state index is 11.9. The minimum atomic E-state index is -0.299. The third-order valence-electron chi connectivity index (χ3n) is 3.37. The van der Waals surface area contributed by atoms with Crippen LogP contribution in [0.3, 0.4) is 0 Å². The molecule has 0 radical (unpaired) electrons. The van der Waals surface area contributed by atoms with Crippen LogP contribution in [0.25, 0.3) is 0 Å². The van der Waals surface area contributed by atoms with Crippen LogP contribution in [0.15, 0.2) is 35.1 Å². The fourth-order valence-electron chi connectivity index (χ4n) is 2.18. The number of methoxy groups -OCH3 is 1. The Morgan fingerprint density at radius 2 is 1.96 bits per heavy atom. The number of rotatable bonds is 6. The number of carbonyl (C=O) groups is 1. The molecule has 0 aliphatic carbocycles. The highest BCUT2D eigenvalue weighted by molar-refractivity contribution is 5.77. The zero-order valence-electron chi connectivity index (χ0n) is 13.4. The van der Waals surface area contributed by atoms with Crippen LogP contribution in [0.1, 0.15) is 16.8 Å². The van der Waals surface area contributed by atoms with Crippen molar-refractivity contribution in [3.8, 4) is 11.5 Å². The van der Waals surface area contributed by atoms with E-state index in [1.165, 1.54) is 0 Å². The Morgan fingerprint density at radius 3 is 2.65 bits per heavy atom. The molecular weight excluding hydrogens is 296 g/mol. The lowest BCUT2D eigenvalue weighted by Gasteiger charge is -2.10. The molecule has 1 aromatic heterocycles. The zero-order valence-corrected chi connectivity index (χ0v) is 13.4. The van der Waals surface area contributed by atoms with E-state index < -0.39 is 0 Å². The number of carbonyl (C=O) groups excluding carboxylic acids is 1. The quantitative estimate of drug-likeness (QED) is 0.850. The average Bonchev–Trinajstić information content (AvgIpc) is 2.52. The van der Waals surface area contributed by atoms with E-state index in [2.05, 4.69) is 10.3 Å². The van der Waals surface area contributed by atoms with Gasteiger partial charge in [-0.1, -0.05) is 6.07 Å². The molecule has 2 aromatic rings. The van der Waals surface area contributed by atoms with Crippen molar-refractivity contribution < 1.29 is 14.3 Å². The van der Waals surface area contributed by atoms with Crippen molar-refractivity contribution in [1.29, 1.82) is 0 Å². The van der Waals surface area contributed by atoms with Gasteiger partial charge in [0.15, 0.2) is 6.61 Å². The standard InChI is InChI=1S/C17H20N2O4/c1-11-7-12(2)19-17(21)15(11)9-18-16(20)10-23-14-6-4-5-13(8-14)22-3/h4-8H,9-10H2,1-3H3,(H,18,20)(H,19,21). The largest absolute Gasteiger partial charge is 0.497 e. The lowest BCUT2D eigenvalue weighted by atomic mass is 10.1. The van der Waals surface area contributed by atoms with E-state index in [0.29, 0.717) is 17.1 Å². The molecule has 0 spiro atoms. The maximum Gasteiger partial charge on any atom is 0.258 e. The van der Waals surface area contributed by atoms with E-state index in [1.54, 1.807) is 31.4 Å². The number of hydrogen-bond donors (Lipinski definition) is 2. The van der Waals surface area contributed by atoms with Gasteiger partial charge in [0, 0.05) is 23.9 Å². The molecule has 6 heteroatoms. The second kappa shape index (κ2) is 7.49. The van der Waals surface area contributed by atoms with Gasteiger partial charge in [-0.3, -0.25) is 9.59 Å². The Labute approximate surface area is 134 Å². The SMILES string of the molecule is COc1cccc(OCC(=O)NCc2c(C)cc(C)[nH]c2=O)c1. The molecule has 23 heavy (non-hydrogen) atoms. The van der Waals surface area contributed by atoms with Crippen LogP contribution in [0, 0.1) is 13.8 Å². The number of benzene rings is 1. The number of nitrogens with one attached hydrogen (secondary N) is 2. The molecule has 0 fully saturated rings. The van der Waals surface area contributed by atoms with E-state index in [1.807, 2.05) is 19.9 Å². The number of H-pyrrole nitrogens is 1. The van der Waals surface area contributed by atoms with Gasteiger partial charge in [0.05, 0.1) is 7.11 Å². The van der Waals surface area contributed by atoms with Crippen LogP contribution in [-0.4, -0.2) is 24.6 Å². The number of aromatic nitrogens is 1. The molecule has 6 nitrogen and oxygen atoms in total. The summed E-state index contributed by atoms with van der Waals surface area (Å²) in [6, 6.07) is 8.88. The summed E-state index contributed by atoms with van der Waals surface area (Å²) in [5, 5.41) is 2.68. The lowest BCUT2D eigenvalue weighted by molar-refractivity contribution is -0.123. The summed E-state index contributed by atoms with van der Waals surface area (Å²) < 4.78 is 10.5. The van der Waals surface area contributed by atoms with Crippen molar-refractivity contribution >= 4 is 5.91 Å². The predicted octanol–water partition coefficient (Wildman–Crippen LogP) is 1.70. The van der Waals surface area contributed by atoms with Gasteiger partial charge in [0.2, 0.25) is 0 Å². The highest BCUT2D eigenvalue weighted by atomic mass is 16.5. The van der Waals surface area contributed by atoms with Gasteiger partial charge in [-0.25, -0.2) is 0 Å². The number of amides is 1. The van der Waals surface area contributed by atoms with Gasteiger partial charge < -0.3 is 19.8 Å². The summed E-state index contributed by atoms with van der Waals surface area (Å²) in [5.74, 6) is 0.904. The van der Waals surface area contributed by atoms with Crippen LogP contribution >= 0.6 is 0 Å². The van der Waals surface area contributed by atoms with Crippen molar-refractivity contribution in [2.24, 2.45) is 0 Å². The Bertz CT molecular complexity index is 752. The topological polar surface area (TPSA) is 80.4 Å². The number of hydrogen-bond acceptors (Lipinski definition) is 4. The molecule has 0 saturated heterocycles. The number of ether oxygens (including phenoxy) is 2. The second-order valence-corrected chi connectivity index (χ2v) is 5.19. The van der Waals surface area contributed by atoms with Crippen LogP contribution < -0.4 is 20.3 Å². The normalized spacial score (nSPS) is 10.2. The van der Waals surface area contributed by atoms with Gasteiger partial charge in [-0.15, -0.1) is 0 Å². The molecule has 0 aliphatic rings. The van der Waals surface area contributed by atoms with Gasteiger partial charge >= 0.3 is 0 Å². The van der Waals surface area contributed by atoms with Gasteiger partial charge in [-0.2, -0.15) is 0 Å². The van der Waals surface area contributed by atoms with E-state index in [-0.39, 0.29) is 24.6 Å². The summed E-state index contributed by atoms with van der Waals surface area (Å²) in [6.45, 7) is 3.70. The summed E-state index contributed by atoms with van der Waals surface area (Å²) in [4.78, 5) is 26.4. The highest BCUT2D eigenvalue weighted by Crippen LogP contribution is 2.18. The van der Waals surface area contributed by atoms with Crippen molar-refractivity contribution in [1.82, 2.24) is 10.3 Å². The molecule has 0 bridgehead atoms. The molecular formula is C17H20N2O4. The first-order valence-corrected chi connectivity index (χ1v) is 7.22. The van der Waals surface area contributed by atoms with Gasteiger partial charge in [-0.05, 0) is 37.6 Å². The minimum absolute atomic E-state index is 0.129. The average molecular weight is 316 g/mol. The van der Waals surface area contributed by atoms with Crippen LogP contribution in [0.5, 0.6) is 11.5 Å². The summed E-state index contributed by atoms with van der Waals surface area (Å²) >= 11 is 0. The Hall–Kier alpha value is -2.76.